The molecule has 1 rings (SSSR count). The minimum absolute atomic E-state index is 0.114. The lowest BCUT2D eigenvalue weighted by Crippen LogP contribution is -2.43. The minimum Gasteiger partial charge on any atom is -0.202 e. The number of halogens is 1. The van der Waals surface area contributed by atoms with Gasteiger partial charge in [-0.3, -0.25) is 0 Å². The van der Waals surface area contributed by atoms with Crippen LogP contribution in [0, 0.1) is 5.92 Å². The van der Waals surface area contributed by atoms with Gasteiger partial charge in [0, 0.05) is 25.0 Å². The molecule has 102 valence electrons. The van der Waals surface area contributed by atoms with Crippen LogP contribution in [0.25, 0.3) is 0 Å². The van der Waals surface area contributed by atoms with Crippen LogP contribution in [0.4, 0.5) is 0 Å². The van der Waals surface area contributed by atoms with E-state index in [0.717, 1.165) is 25.7 Å². The second kappa shape index (κ2) is 6.92. The van der Waals surface area contributed by atoms with Crippen LogP contribution in [0.2, 0.25) is 0 Å². The molecule has 0 aromatic heterocycles. The summed E-state index contributed by atoms with van der Waals surface area (Å²) in [7, 11) is -3.32. The highest BCUT2D eigenvalue weighted by Crippen LogP contribution is 2.28. The van der Waals surface area contributed by atoms with Crippen molar-refractivity contribution < 1.29 is 8.42 Å². The van der Waals surface area contributed by atoms with E-state index in [0.29, 0.717) is 19.6 Å². The van der Waals surface area contributed by atoms with Crippen molar-refractivity contribution in [2.45, 2.75) is 44.9 Å². The van der Waals surface area contributed by atoms with Gasteiger partial charge in [0.2, 0.25) is 0 Å². The molecule has 0 aromatic rings. The Morgan fingerprint density at radius 3 is 2.35 bits per heavy atom. The first-order valence-electron chi connectivity index (χ1n) is 6.40. The summed E-state index contributed by atoms with van der Waals surface area (Å²) in [6.07, 6.45) is 4.34. The summed E-state index contributed by atoms with van der Waals surface area (Å²) >= 11 is 6.21. The Hall–Kier alpha value is 0.160. The van der Waals surface area contributed by atoms with Crippen LogP contribution in [-0.2, 0) is 10.2 Å². The molecule has 1 aliphatic rings. The molecule has 0 aliphatic heterocycles. The Bertz CT molecular complexity index is 317. The maximum absolute atomic E-state index is 11.9. The van der Waals surface area contributed by atoms with Gasteiger partial charge in [0.05, 0.1) is 0 Å². The zero-order valence-corrected chi connectivity index (χ0v) is 12.2. The summed E-state index contributed by atoms with van der Waals surface area (Å²) in [5, 5.41) is 0.114. The van der Waals surface area contributed by atoms with Crippen LogP contribution in [-0.4, -0.2) is 37.7 Å². The monoisotopic (exact) mass is 282 g/mol. The molecule has 0 amide bonds. The molecule has 0 spiro atoms. The predicted molar refractivity (Wildman–Crippen MR) is 71.4 cm³/mol. The first-order valence-corrected chi connectivity index (χ1v) is 8.27. The van der Waals surface area contributed by atoms with E-state index in [9.17, 15) is 8.42 Å². The van der Waals surface area contributed by atoms with Crippen molar-refractivity contribution in [3.63, 3.8) is 0 Å². The fourth-order valence-corrected chi connectivity index (χ4v) is 3.92. The first kappa shape index (κ1) is 15.2. The number of hydrogen-bond acceptors (Lipinski definition) is 2. The van der Waals surface area contributed by atoms with Crippen LogP contribution >= 0.6 is 11.6 Å². The molecule has 1 aliphatic carbocycles. The summed E-state index contributed by atoms with van der Waals surface area (Å²) in [5.41, 5.74) is 0. The predicted octanol–water partition coefficient (Wildman–Crippen LogP) is 1.96. The van der Waals surface area contributed by atoms with Crippen molar-refractivity contribution >= 4 is 21.8 Å². The van der Waals surface area contributed by atoms with Gasteiger partial charge in [-0.2, -0.15) is 12.7 Å². The molecule has 1 saturated carbocycles. The number of nitrogens with one attached hydrogen (secondary N) is 1. The Balaban J connectivity index is 2.48. The normalized spacial score (nSPS) is 26.4. The topological polar surface area (TPSA) is 49.4 Å². The standard InChI is InChI=1S/C11H23ClN2O2S/c1-3-14(4-2)17(15,16)13-9-10-7-5-6-8-11(10)12/h10-11,13H,3-9H2,1-2H3. The minimum atomic E-state index is -3.32. The third-order valence-corrected chi connectivity index (χ3v) is 5.69. The van der Waals surface area contributed by atoms with E-state index in [1.165, 1.54) is 4.31 Å². The highest BCUT2D eigenvalue weighted by molar-refractivity contribution is 7.87. The molecule has 0 saturated heterocycles. The van der Waals surface area contributed by atoms with Gasteiger partial charge in [0.25, 0.3) is 10.2 Å². The van der Waals surface area contributed by atoms with E-state index < -0.39 is 10.2 Å². The van der Waals surface area contributed by atoms with E-state index in [4.69, 9.17) is 11.6 Å². The van der Waals surface area contributed by atoms with Crippen LogP contribution < -0.4 is 4.72 Å². The average Bonchev–Trinajstić information content (AvgIpc) is 2.29. The lowest BCUT2D eigenvalue weighted by molar-refractivity contribution is 0.357. The third kappa shape index (κ3) is 4.39. The van der Waals surface area contributed by atoms with Gasteiger partial charge in [0.15, 0.2) is 0 Å². The lowest BCUT2D eigenvalue weighted by atomic mass is 9.89. The Labute approximate surface area is 110 Å². The van der Waals surface area contributed by atoms with Gasteiger partial charge in [-0.1, -0.05) is 26.7 Å². The maximum atomic E-state index is 11.9. The zero-order chi connectivity index (χ0) is 12.9. The van der Waals surface area contributed by atoms with Crippen molar-refractivity contribution in [3.8, 4) is 0 Å². The summed E-state index contributed by atoms with van der Waals surface area (Å²) in [6.45, 7) is 5.15. The molecular weight excluding hydrogens is 260 g/mol. The molecule has 2 unspecified atom stereocenters. The molecule has 4 nitrogen and oxygen atoms in total. The molecule has 0 radical (unpaired) electrons. The Morgan fingerprint density at radius 1 is 1.24 bits per heavy atom. The van der Waals surface area contributed by atoms with E-state index in [1.54, 1.807) is 0 Å². The van der Waals surface area contributed by atoms with Crippen molar-refractivity contribution in [1.29, 1.82) is 0 Å². The largest absolute Gasteiger partial charge is 0.279 e. The van der Waals surface area contributed by atoms with E-state index in [-0.39, 0.29) is 11.3 Å². The molecule has 1 fully saturated rings. The highest BCUT2D eigenvalue weighted by atomic mass is 35.5. The molecule has 0 bridgehead atoms. The lowest BCUT2D eigenvalue weighted by Gasteiger charge is -2.28. The maximum Gasteiger partial charge on any atom is 0.279 e. The van der Waals surface area contributed by atoms with Gasteiger partial charge in [-0.15, -0.1) is 11.6 Å². The van der Waals surface area contributed by atoms with E-state index in [2.05, 4.69) is 4.72 Å². The zero-order valence-electron chi connectivity index (χ0n) is 10.7. The van der Waals surface area contributed by atoms with Gasteiger partial charge in [0.1, 0.15) is 0 Å². The van der Waals surface area contributed by atoms with Gasteiger partial charge in [-0.05, 0) is 18.8 Å². The average molecular weight is 283 g/mol. The number of nitrogens with zero attached hydrogens (tertiary/aromatic N) is 1. The summed E-state index contributed by atoms with van der Waals surface area (Å²) in [5.74, 6) is 0.274. The Morgan fingerprint density at radius 2 is 1.82 bits per heavy atom. The molecule has 0 heterocycles. The van der Waals surface area contributed by atoms with Crippen LogP contribution in [0.15, 0.2) is 0 Å². The molecular formula is C11H23ClN2O2S. The summed E-state index contributed by atoms with van der Waals surface area (Å²) in [4.78, 5) is 0. The molecule has 0 aromatic carbocycles. The Kier molecular flexibility index (Phi) is 6.20. The summed E-state index contributed by atoms with van der Waals surface area (Å²) < 4.78 is 27.9. The number of alkyl halides is 1. The van der Waals surface area contributed by atoms with Crippen molar-refractivity contribution in [3.05, 3.63) is 0 Å². The third-order valence-electron chi connectivity index (χ3n) is 3.39. The fraction of sp³-hybridized carbons (Fsp3) is 1.00. The summed E-state index contributed by atoms with van der Waals surface area (Å²) in [6, 6.07) is 0. The smallest absolute Gasteiger partial charge is 0.202 e. The molecule has 6 heteroatoms. The number of hydrogen-bond donors (Lipinski definition) is 1. The molecule has 2 atom stereocenters. The fourth-order valence-electron chi connectivity index (χ4n) is 2.26. The van der Waals surface area contributed by atoms with Crippen molar-refractivity contribution in [2.24, 2.45) is 5.92 Å². The second-order valence-electron chi connectivity index (χ2n) is 4.50. The van der Waals surface area contributed by atoms with Crippen LogP contribution in [0.5, 0.6) is 0 Å². The van der Waals surface area contributed by atoms with Gasteiger partial charge in [-0.25, -0.2) is 4.72 Å². The van der Waals surface area contributed by atoms with Crippen LogP contribution in [0.1, 0.15) is 39.5 Å². The van der Waals surface area contributed by atoms with Gasteiger partial charge >= 0.3 is 0 Å². The van der Waals surface area contributed by atoms with Crippen LogP contribution in [0.3, 0.4) is 0 Å². The highest BCUT2D eigenvalue weighted by Gasteiger charge is 2.26. The molecule has 1 N–H and O–H groups in total. The molecule has 17 heavy (non-hydrogen) atoms. The van der Waals surface area contributed by atoms with Crippen molar-refractivity contribution in [2.75, 3.05) is 19.6 Å². The van der Waals surface area contributed by atoms with E-state index in [1.807, 2.05) is 13.8 Å². The first-order chi connectivity index (χ1) is 8.01. The second-order valence-corrected chi connectivity index (χ2v) is 6.81. The van der Waals surface area contributed by atoms with E-state index >= 15 is 0 Å². The number of rotatable bonds is 6. The van der Waals surface area contributed by atoms with Crippen molar-refractivity contribution in [1.82, 2.24) is 9.03 Å². The SMILES string of the molecule is CCN(CC)S(=O)(=O)NCC1CCCCC1Cl. The van der Waals surface area contributed by atoms with Gasteiger partial charge < -0.3 is 0 Å². The quantitative estimate of drug-likeness (QED) is 0.757.